The summed E-state index contributed by atoms with van der Waals surface area (Å²) in [5.41, 5.74) is -0.697. The van der Waals surface area contributed by atoms with Crippen LogP contribution in [0.3, 0.4) is 0 Å². The Kier molecular flexibility index (Phi) is 5.35. The third-order valence-electron chi connectivity index (χ3n) is 4.47. The zero-order valence-electron chi connectivity index (χ0n) is 16.1. The van der Waals surface area contributed by atoms with Gasteiger partial charge < -0.3 is 19.9 Å². The molecule has 0 saturated carbocycles. The quantitative estimate of drug-likeness (QED) is 0.552. The topological polar surface area (TPSA) is 131 Å². The summed E-state index contributed by atoms with van der Waals surface area (Å²) in [4.78, 5) is 50.1. The molecule has 1 saturated heterocycles. The number of ether oxygens (including phenoxy) is 1. The number of amides is 4. The molecule has 0 unspecified atom stereocenters. The fourth-order valence-corrected chi connectivity index (χ4v) is 2.88. The number of benzene rings is 1. The van der Waals surface area contributed by atoms with E-state index in [4.69, 9.17) is 9.26 Å². The van der Waals surface area contributed by atoms with Crippen molar-refractivity contribution >= 4 is 29.6 Å². The number of aromatic nitrogens is 1. The van der Waals surface area contributed by atoms with Gasteiger partial charge >= 0.3 is 12.0 Å². The minimum absolute atomic E-state index is 0.183. The normalized spacial score (nSPS) is 19.6. The molecule has 4 amide bonds. The maximum atomic E-state index is 12.8. The molecule has 2 heterocycles. The average Bonchev–Trinajstić information content (AvgIpc) is 3.18. The van der Waals surface area contributed by atoms with Crippen LogP contribution in [-0.2, 0) is 24.7 Å². The third kappa shape index (κ3) is 4.10. The Hall–Kier alpha value is -3.69. The first-order valence-corrected chi connectivity index (χ1v) is 8.84. The molecule has 2 aromatic rings. The highest BCUT2D eigenvalue weighted by molar-refractivity contribution is 6.09. The van der Waals surface area contributed by atoms with Gasteiger partial charge in [-0.2, -0.15) is 0 Å². The molecule has 10 nitrogen and oxygen atoms in total. The van der Waals surface area contributed by atoms with Crippen molar-refractivity contribution < 1.29 is 28.4 Å². The molecule has 152 valence electrons. The number of anilines is 1. The molecule has 3 rings (SSSR count). The summed E-state index contributed by atoms with van der Waals surface area (Å²) in [7, 11) is 0. The first-order valence-electron chi connectivity index (χ1n) is 8.84. The number of urea groups is 1. The maximum absolute atomic E-state index is 12.8. The minimum Gasteiger partial charge on any atom is -0.451 e. The number of aryl methyl sites for hydroxylation is 1. The van der Waals surface area contributed by atoms with Crippen molar-refractivity contribution in [3.05, 3.63) is 47.7 Å². The molecule has 1 aromatic carbocycles. The van der Waals surface area contributed by atoms with Crippen LogP contribution in [0.5, 0.6) is 0 Å². The summed E-state index contributed by atoms with van der Waals surface area (Å²) in [6.45, 7) is 3.96. The highest BCUT2D eigenvalue weighted by Gasteiger charge is 2.49. The number of hydrogen-bond donors (Lipinski definition) is 2. The van der Waals surface area contributed by atoms with Crippen molar-refractivity contribution in [2.24, 2.45) is 0 Å². The van der Waals surface area contributed by atoms with Gasteiger partial charge in [-0.15, -0.1) is 0 Å². The van der Waals surface area contributed by atoms with E-state index >= 15 is 0 Å². The predicted molar refractivity (Wildman–Crippen MR) is 99.5 cm³/mol. The van der Waals surface area contributed by atoms with Crippen LogP contribution in [0.2, 0.25) is 0 Å². The Labute approximate surface area is 166 Å². The fourth-order valence-electron chi connectivity index (χ4n) is 2.88. The number of hydrogen-bond acceptors (Lipinski definition) is 7. The van der Waals surface area contributed by atoms with Gasteiger partial charge in [-0.1, -0.05) is 35.5 Å². The smallest absolute Gasteiger partial charge is 0.327 e. The van der Waals surface area contributed by atoms with Gasteiger partial charge in [0.25, 0.3) is 11.8 Å². The second kappa shape index (κ2) is 7.74. The number of carbonyl (C=O) groups is 4. The molecule has 0 bridgehead atoms. The van der Waals surface area contributed by atoms with Crippen LogP contribution in [0.1, 0.15) is 25.2 Å². The van der Waals surface area contributed by atoms with E-state index < -0.39 is 42.0 Å². The minimum atomic E-state index is -1.29. The van der Waals surface area contributed by atoms with E-state index in [1.54, 1.807) is 44.2 Å². The van der Waals surface area contributed by atoms with Crippen LogP contribution < -0.4 is 10.6 Å². The Morgan fingerprint density at radius 2 is 2.00 bits per heavy atom. The summed E-state index contributed by atoms with van der Waals surface area (Å²) < 4.78 is 9.87. The Morgan fingerprint density at radius 3 is 2.62 bits per heavy atom. The van der Waals surface area contributed by atoms with Crippen molar-refractivity contribution in [3.63, 3.8) is 0 Å². The lowest BCUT2D eigenvalue weighted by Gasteiger charge is -2.22. The van der Waals surface area contributed by atoms with E-state index in [0.717, 1.165) is 4.90 Å². The highest BCUT2D eigenvalue weighted by atomic mass is 16.5. The molecule has 10 heteroatoms. The molecule has 1 aliphatic heterocycles. The van der Waals surface area contributed by atoms with Gasteiger partial charge in [0.15, 0.2) is 11.9 Å². The van der Waals surface area contributed by atoms with Crippen molar-refractivity contribution in [3.8, 4) is 0 Å². The molecule has 1 fully saturated rings. The van der Waals surface area contributed by atoms with E-state index in [-0.39, 0.29) is 5.82 Å². The predicted octanol–water partition coefficient (Wildman–Crippen LogP) is 1.32. The fraction of sp³-hybridized carbons (Fsp3) is 0.316. The van der Waals surface area contributed by atoms with E-state index in [9.17, 15) is 19.2 Å². The molecule has 2 N–H and O–H groups in total. The Bertz CT molecular complexity index is 957. The summed E-state index contributed by atoms with van der Waals surface area (Å²) in [5, 5.41) is 8.64. The summed E-state index contributed by atoms with van der Waals surface area (Å²) >= 11 is 0. The molecule has 1 aromatic heterocycles. The lowest BCUT2D eigenvalue weighted by Crippen LogP contribution is -2.42. The number of nitrogens with one attached hydrogen (secondary N) is 2. The second-order valence-electron chi connectivity index (χ2n) is 6.76. The molecular weight excluding hydrogens is 380 g/mol. The van der Waals surface area contributed by atoms with Crippen molar-refractivity contribution in [1.82, 2.24) is 15.4 Å². The lowest BCUT2D eigenvalue weighted by atomic mass is 9.92. The largest absolute Gasteiger partial charge is 0.451 e. The Morgan fingerprint density at radius 1 is 1.31 bits per heavy atom. The SMILES string of the molecule is Cc1cc(NC(=O)[C@H](C)OC(=O)CN2C(=O)N[C@](C)(c3ccccc3)C2=O)no1. The number of imide groups is 1. The van der Waals surface area contributed by atoms with Crippen molar-refractivity contribution in [1.29, 1.82) is 0 Å². The number of rotatable bonds is 6. The van der Waals surface area contributed by atoms with Crippen LogP contribution in [0.25, 0.3) is 0 Å². The Balaban J connectivity index is 1.60. The van der Waals surface area contributed by atoms with Crippen LogP contribution >= 0.6 is 0 Å². The van der Waals surface area contributed by atoms with Gasteiger partial charge in [-0.3, -0.25) is 19.3 Å². The maximum Gasteiger partial charge on any atom is 0.327 e. The number of nitrogens with zero attached hydrogens (tertiary/aromatic N) is 2. The number of esters is 1. The third-order valence-corrected chi connectivity index (χ3v) is 4.47. The molecule has 0 spiro atoms. The van der Waals surface area contributed by atoms with E-state index in [2.05, 4.69) is 15.8 Å². The van der Waals surface area contributed by atoms with Crippen LogP contribution in [-0.4, -0.2) is 46.5 Å². The highest BCUT2D eigenvalue weighted by Crippen LogP contribution is 2.28. The molecule has 2 atom stereocenters. The average molecular weight is 400 g/mol. The second-order valence-corrected chi connectivity index (χ2v) is 6.76. The van der Waals surface area contributed by atoms with Crippen molar-refractivity contribution in [2.75, 3.05) is 11.9 Å². The monoisotopic (exact) mass is 400 g/mol. The van der Waals surface area contributed by atoms with E-state index in [0.29, 0.717) is 11.3 Å². The molecule has 0 radical (unpaired) electrons. The van der Waals surface area contributed by atoms with E-state index in [1.807, 2.05) is 0 Å². The van der Waals surface area contributed by atoms with Crippen LogP contribution in [0.15, 0.2) is 40.9 Å². The molecule has 29 heavy (non-hydrogen) atoms. The first-order chi connectivity index (χ1) is 13.7. The molecule has 0 aliphatic carbocycles. The van der Waals surface area contributed by atoms with Gasteiger partial charge in [-0.05, 0) is 26.3 Å². The summed E-state index contributed by atoms with van der Waals surface area (Å²) in [5.74, 6) is -1.42. The van der Waals surface area contributed by atoms with E-state index in [1.165, 1.54) is 13.0 Å². The summed E-state index contributed by atoms with van der Waals surface area (Å²) in [6, 6.07) is 9.48. The molecule has 1 aliphatic rings. The number of carbonyl (C=O) groups excluding carboxylic acids is 4. The van der Waals surface area contributed by atoms with Gasteiger partial charge in [0.05, 0.1) is 0 Å². The zero-order chi connectivity index (χ0) is 21.2. The van der Waals surface area contributed by atoms with Crippen LogP contribution in [0.4, 0.5) is 10.6 Å². The zero-order valence-corrected chi connectivity index (χ0v) is 16.1. The van der Waals surface area contributed by atoms with Crippen LogP contribution in [0, 0.1) is 6.92 Å². The summed E-state index contributed by atoms with van der Waals surface area (Å²) in [6.07, 6.45) is -1.17. The standard InChI is InChI=1S/C19H20N4O6/c1-11-9-14(22-29-11)20-16(25)12(2)28-15(24)10-23-17(26)19(3,21-18(23)27)13-7-5-4-6-8-13/h4-9,12H,10H2,1-3H3,(H,21,27)(H,20,22,25)/t12-,19+/m0/s1. The van der Waals surface area contributed by atoms with Gasteiger partial charge in [0, 0.05) is 6.07 Å². The molecular formula is C19H20N4O6. The first kappa shape index (κ1) is 20.1. The van der Waals surface area contributed by atoms with Gasteiger partial charge in [-0.25, -0.2) is 4.79 Å². The van der Waals surface area contributed by atoms with Crippen molar-refractivity contribution in [2.45, 2.75) is 32.4 Å². The van der Waals surface area contributed by atoms with Gasteiger partial charge in [0.2, 0.25) is 0 Å². The van der Waals surface area contributed by atoms with Gasteiger partial charge in [0.1, 0.15) is 17.8 Å². The lowest BCUT2D eigenvalue weighted by molar-refractivity contribution is -0.155.